The van der Waals surface area contributed by atoms with E-state index in [-0.39, 0.29) is 10.8 Å². The van der Waals surface area contributed by atoms with E-state index in [1.165, 1.54) is 12.3 Å². The van der Waals surface area contributed by atoms with Crippen LogP contribution >= 0.6 is 35.4 Å². The van der Waals surface area contributed by atoms with Crippen LogP contribution in [0.15, 0.2) is 47.6 Å². The molecule has 2 aromatic carbocycles. The second-order valence-electron chi connectivity index (χ2n) is 3.89. The van der Waals surface area contributed by atoms with Crippen LogP contribution in [0.4, 0.5) is 0 Å². The van der Waals surface area contributed by atoms with Gasteiger partial charge in [0.25, 0.3) is 0 Å². The fraction of sp³-hybridized carbons (Fsp3) is 0. The number of nitrogens with one attached hydrogen (secondary N) is 1. The topological polar surface area (TPSA) is 44.6 Å². The maximum atomic E-state index is 9.76. The maximum absolute atomic E-state index is 9.76. The molecular formula is C14H10Cl2N2OS. The minimum atomic E-state index is -0.0766. The number of rotatable bonds is 3. The van der Waals surface area contributed by atoms with Gasteiger partial charge < -0.3 is 5.11 Å². The fourth-order valence-electron chi connectivity index (χ4n) is 1.50. The summed E-state index contributed by atoms with van der Waals surface area (Å²) in [7, 11) is 0. The summed E-state index contributed by atoms with van der Waals surface area (Å²) in [6, 6.07) is 12.4. The van der Waals surface area contributed by atoms with Crippen LogP contribution in [0.3, 0.4) is 0 Å². The van der Waals surface area contributed by atoms with Crippen LogP contribution in [0.5, 0.6) is 5.75 Å². The highest BCUT2D eigenvalue weighted by molar-refractivity contribution is 7.80. The summed E-state index contributed by atoms with van der Waals surface area (Å²) in [5, 5.41) is 14.3. The molecule has 102 valence electrons. The Labute approximate surface area is 131 Å². The number of phenolic OH excluding ortho intramolecular Hbond substituents is 1. The highest BCUT2D eigenvalue weighted by Crippen LogP contribution is 2.29. The molecule has 20 heavy (non-hydrogen) atoms. The van der Waals surface area contributed by atoms with E-state index in [9.17, 15) is 5.11 Å². The van der Waals surface area contributed by atoms with Crippen LogP contribution in [0, 0.1) is 0 Å². The molecule has 0 aliphatic rings. The molecule has 2 aromatic rings. The molecule has 2 N–H and O–H groups in total. The summed E-state index contributed by atoms with van der Waals surface area (Å²) in [6.07, 6.45) is 1.41. The number of aromatic hydroxyl groups is 1. The lowest BCUT2D eigenvalue weighted by Gasteiger charge is -2.04. The SMILES string of the molecule is Oc1c(Cl)cc(Cl)cc1C=NNC(=S)c1ccccc1. The zero-order chi connectivity index (χ0) is 14.5. The third kappa shape index (κ3) is 3.70. The van der Waals surface area contributed by atoms with E-state index in [1.54, 1.807) is 6.07 Å². The Kier molecular flexibility index (Phi) is 4.95. The van der Waals surface area contributed by atoms with Crippen molar-refractivity contribution in [3.8, 4) is 5.75 Å². The predicted octanol–water partition coefficient (Wildman–Crippen LogP) is 4.00. The second kappa shape index (κ2) is 6.70. The standard InChI is InChI=1S/C14H10Cl2N2OS/c15-11-6-10(13(19)12(16)7-11)8-17-18-14(20)9-4-2-1-3-5-9/h1-8,19H,(H,18,20). The Morgan fingerprint density at radius 3 is 2.60 bits per heavy atom. The van der Waals surface area contributed by atoms with Crippen molar-refractivity contribution in [2.75, 3.05) is 0 Å². The van der Waals surface area contributed by atoms with Crippen molar-refractivity contribution >= 4 is 46.6 Å². The van der Waals surface area contributed by atoms with Crippen LogP contribution in [0.25, 0.3) is 0 Å². The summed E-state index contributed by atoms with van der Waals surface area (Å²) in [4.78, 5) is 0.481. The summed E-state index contributed by atoms with van der Waals surface area (Å²) < 4.78 is 0. The van der Waals surface area contributed by atoms with Gasteiger partial charge in [0.15, 0.2) is 0 Å². The number of hydrazone groups is 1. The Bertz CT molecular complexity index is 660. The molecule has 0 saturated heterocycles. The highest BCUT2D eigenvalue weighted by atomic mass is 35.5. The first-order valence-corrected chi connectivity index (χ1v) is 6.81. The molecule has 0 saturated carbocycles. The number of nitrogens with zero attached hydrogens (tertiary/aromatic N) is 1. The van der Waals surface area contributed by atoms with Crippen molar-refractivity contribution in [3.63, 3.8) is 0 Å². The first-order chi connectivity index (χ1) is 9.58. The van der Waals surface area contributed by atoms with Crippen molar-refractivity contribution in [1.29, 1.82) is 0 Å². The Morgan fingerprint density at radius 2 is 1.90 bits per heavy atom. The summed E-state index contributed by atoms with van der Waals surface area (Å²) in [6.45, 7) is 0. The van der Waals surface area contributed by atoms with Crippen LogP contribution in [0.2, 0.25) is 10.0 Å². The van der Waals surface area contributed by atoms with Crippen molar-refractivity contribution in [2.24, 2.45) is 5.10 Å². The second-order valence-corrected chi connectivity index (χ2v) is 5.14. The lowest BCUT2D eigenvalue weighted by atomic mass is 10.2. The Hall–Kier alpha value is -1.62. The van der Waals surface area contributed by atoms with Crippen molar-refractivity contribution < 1.29 is 5.11 Å². The van der Waals surface area contributed by atoms with Gasteiger partial charge in [0.2, 0.25) is 0 Å². The molecule has 0 aromatic heterocycles. The van der Waals surface area contributed by atoms with Gasteiger partial charge >= 0.3 is 0 Å². The minimum Gasteiger partial charge on any atom is -0.506 e. The van der Waals surface area contributed by atoms with E-state index < -0.39 is 0 Å². The van der Waals surface area contributed by atoms with E-state index in [0.717, 1.165) is 5.56 Å². The lowest BCUT2D eigenvalue weighted by Crippen LogP contribution is -2.16. The van der Waals surface area contributed by atoms with E-state index >= 15 is 0 Å². The Balaban J connectivity index is 2.10. The smallest absolute Gasteiger partial charge is 0.143 e. The summed E-state index contributed by atoms with van der Waals surface area (Å²) >= 11 is 16.9. The molecule has 0 radical (unpaired) electrons. The quantitative estimate of drug-likeness (QED) is 0.509. The largest absolute Gasteiger partial charge is 0.506 e. The van der Waals surface area contributed by atoms with Gasteiger partial charge in [0.1, 0.15) is 10.7 Å². The number of thiocarbonyl (C=S) groups is 1. The molecule has 2 rings (SSSR count). The van der Waals surface area contributed by atoms with Crippen molar-refractivity contribution in [2.45, 2.75) is 0 Å². The van der Waals surface area contributed by atoms with Crippen LogP contribution in [0.1, 0.15) is 11.1 Å². The first kappa shape index (κ1) is 14.8. The first-order valence-electron chi connectivity index (χ1n) is 5.64. The molecule has 0 spiro atoms. The average molecular weight is 325 g/mol. The molecule has 3 nitrogen and oxygen atoms in total. The van der Waals surface area contributed by atoms with E-state index in [1.807, 2.05) is 30.3 Å². The number of hydrogen-bond acceptors (Lipinski definition) is 3. The van der Waals surface area contributed by atoms with E-state index in [0.29, 0.717) is 15.6 Å². The van der Waals surface area contributed by atoms with E-state index in [2.05, 4.69) is 10.5 Å². The van der Waals surface area contributed by atoms with Gasteiger partial charge in [-0.2, -0.15) is 5.10 Å². The number of benzene rings is 2. The zero-order valence-electron chi connectivity index (χ0n) is 10.2. The summed E-state index contributed by atoms with van der Waals surface area (Å²) in [5.41, 5.74) is 3.98. The normalized spacial score (nSPS) is 10.7. The zero-order valence-corrected chi connectivity index (χ0v) is 12.5. The van der Waals surface area contributed by atoms with Gasteiger partial charge in [-0.15, -0.1) is 0 Å². The minimum absolute atomic E-state index is 0.0766. The molecule has 0 atom stereocenters. The van der Waals surface area contributed by atoms with Gasteiger partial charge in [0.05, 0.1) is 11.2 Å². The third-order valence-corrected chi connectivity index (χ3v) is 3.30. The van der Waals surface area contributed by atoms with Gasteiger partial charge in [-0.05, 0) is 12.1 Å². The highest BCUT2D eigenvalue weighted by Gasteiger charge is 2.06. The van der Waals surface area contributed by atoms with Gasteiger partial charge in [-0.1, -0.05) is 65.8 Å². The fourth-order valence-corrected chi connectivity index (χ4v) is 2.20. The van der Waals surface area contributed by atoms with E-state index in [4.69, 9.17) is 35.4 Å². The number of phenols is 1. The molecule has 0 bridgehead atoms. The van der Waals surface area contributed by atoms with Crippen LogP contribution in [-0.2, 0) is 0 Å². The maximum Gasteiger partial charge on any atom is 0.143 e. The van der Waals surface area contributed by atoms with Gasteiger partial charge in [0, 0.05) is 16.1 Å². The molecule has 6 heteroatoms. The lowest BCUT2D eigenvalue weighted by molar-refractivity contribution is 0.474. The predicted molar refractivity (Wildman–Crippen MR) is 87.0 cm³/mol. The Morgan fingerprint density at radius 1 is 1.20 bits per heavy atom. The molecule has 0 amide bonds. The van der Waals surface area contributed by atoms with Crippen molar-refractivity contribution in [3.05, 3.63) is 63.6 Å². The number of hydrogen-bond donors (Lipinski definition) is 2. The molecule has 0 aliphatic heterocycles. The molecule has 0 unspecified atom stereocenters. The molecule has 0 aliphatic carbocycles. The number of halogens is 2. The molecule has 0 fully saturated rings. The van der Waals surface area contributed by atoms with Crippen LogP contribution in [-0.4, -0.2) is 16.3 Å². The summed E-state index contributed by atoms with van der Waals surface area (Å²) in [5.74, 6) is -0.0766. The molecular weight excluding hydrogens is 315 g/mol. The third-order valence-electron chi connectivity index (χ3n) is 2.46. The van der Waals surface area contributed by atoms with Crippen molar-refractivity contribution in [1.82, 2.24) is 5.43 Å². The van der Waals surface area contributed by atoms with Gasteiger partial charge in [-0.3, -0.25) is 5.43 Å². The van der Waals surface area contributed by atoms with Gasteiger partial charge in [-0.25, -0.2) is 0 Å². The monoisotopic (exact) mass is 324 g/mol. The average Bonchev–Trinajstić information content (AvgIpc) is 2.44. The van der Waals surface area contributed by atoms with Crippen LogP contribution < -0.4 is 5.43 Å². The molecule has 0 heterocycles.